The Bertz CT molecular complexity index is 474. The molecule has 0 radical (unpaired) electrons. The summed E-state index contributed by atoms with van der Waals surface area (Å²) in [6.07, 6.45) is 5.48. The molecule has 0 amide bonds. The Hall–Kier alpha value is -2.64. The summed E-state index contributed by atoms with van der Waals surface area (Å²) in [6, 6.07) is 0. The summed E-state index contributed by atoms with van der Waals surface area (Å²) in [5, 5.41) is 33.3. The fraction of sp³-hybridized carbons (Fsp3) is 0.385. The molecular weight excluding hydrogens is 284 g/mol. The SMILES string of the molecule is O=C(O)/C=C\C(=O)O.O=C(O)C1C2C=CC(C2)C1C(=O)O. The van der Waals surface area contributed by atoms with Gasteiger partial charge >= 0.3 is 23.9 Å². The maximum absolute atomic E-state index is 10.8. The minimum Gasteiger partial charge on any atom is -0.481 e. The Morgan fingerprint density at radius 1 is 0.762 bits per heavy atom. The maximum Gasteiger partial charge on any atom is 0.328 e. The molecule has 8 heteroatoms. The second-order valence-electron chi connectivity index (χ2n) is 4.69. The van der Waals surface area contributed by atoms with E-state index in [1.54, 1.807) is 0 Å². The molecular formula is C13H14O8. The van der Waals surface area contributed by atoms with Gasteiger partial charge in [-0.25, -0.2) is 9.59 Å². The summed E-state index contributed by atoms with van der Waals surface area (Å²) in [7, 11) is 0. The minimum atomic E-state index is -1.26. The van der Waals surface area contributed by atoms with Gasteiger partial charge in [0.25, 0.3) is 0 Å². The van der Waals surface area contributed by atoms with Crippen molar-refractivity contribution in [2.75, 3.05) is 0 Å². The first kappa shape index (κ1) is 16.4. The number of carbonyl (C=O) groups is 4. The molecule has 8 nitrogen and oxygen atoms in total. The summed E-state index contributed by atoms with van der Waals surface area (Å²) < 4.78 is 0. The third kappa shape index (κ3) is 4.16. The second kappa shape index (κ2) is 6.69. The molecule has 0 spiro atoms. The van der Waals surface area contributed by atoms with Crippen molar-refractivity contribution in [3.8, 4) is 0 Å². The van der Waals surface area contributed by atoms with E-state index in [1.807, 2.05) is 12.2 Å². The van der Waals surface area contributed by atoms with Crippen molar-refractivity contribution in [1.82, 2.24) is 0 Å². The number of fused-ring (bicyclic) bond motifs is 2. The molecule has 1 saturated carbocycles. The molecule has 2 aliphatic carbocycles. The minimum absolute atomic E-state index is 0.0661. The predicted molar refractivity (Wildman–Crippen MR) is 67.4 cm³/mol. The molecule has 0 heterocycles. The predicted octanol–water partition coefficient (Wildman–Crippen LogP) is 0.306. The molecule has 2 rings (SSSR count). The highest BCUT2D eigenvalue weighted by atomic mass is 16.4. The fourth-order valence-electron chi connectivity index (χ4n) is 2.64. The molecule has 0 aromatic heterocycles. The molecule has 0 saturated heterocycles. The first-order chi connectivity index (χ1) is 9.73. The zero-order chi connectivity index (χ0) is 16.2. The first-order valence-electron chi connectivity index (χ1n) is 6.02. The highest BCUT2D eigenvalue weighted by Gasteiger charge is 2.51. The molecule has 4 unspecified atom stereocenters. The van der Waals surface area contributed by atoms with E-state index >= 15 is 0 Å². The van der Waals surface area contributed by atoms with Gasteiger partial charge in [0.15, 0.2) is 0 Å². The Balaban J connectivity index is 0.000000240. The standard InChI is InChI=1S/C9H10O4.C4H4O4/c10-8(11)6-4-1-2-5(3-4)7(6)9(12)13;5-3(6)1-2-4(7)8/h1-2,4-7H,3H2,(H,10,11)(H,12,13);1-2H,(H,5,6)(H,7,8)/b;2-1-. The molecule has 21 heavy (non-hydrogen) atoms. The number of rotatable bonds is 4. The van der Waals surface area contributed by atoms with Crippen LogP contribution in [0.5, 0.6) is 0 Å². The lowest BCUT2D eigenvalue weighted by molar-refractivity contribution is -0.154. The van der Waals surface area contributed by atoms with Crippen LogP contribution >= 0.6 is 0 Å². The summed E-state index contributed by atoms with van der Waals surface area (Å²) in [5.41, 5.74) is 0. The average Bonchev–Trinajstić information content (AvgIpc) is 2.96. The Morgan fingerprint density at radius 2 is 1.10 bits per heavy atom. The van der Waals surface area contributed by atoms with Crippen LogP contribution in [-0.2, 0) is 19.2 Å². The lowest BCUT2D eigenvalue weighted by Gasteiger charge is -2.20. The third-order valence-corrected chi connectivity index (χ3v) is 3.40. The Kier molecular flexibility index (Phi) is 5.23. The van der Waals surface area contributed by atoms with Crippen LogP contribution in [0.25, 0.3) is 0 Å². The topological polar surface area (TPSA) is 149 Å². The smallest absolute Gasteiger partial charge is 0.328 e. The van der Waals surface area contributed by atoms with Gasteiger partial charge in [0, 0.05) is 12.2 Å². The van der Waals surface area contributed by atoms with Gasteiger partial charge in [0.05, 0.1) is 11.8 Å². The lowest BCUT2D eigenvalue weighted by Crippen LogP contribution is -2.32. The van der Waals surface area contributed by atoms with Gasteiger partial charge in [-0.3, -0.25) is 9.59 Å². The van der Waals surface area contributed by atoms with E-state index in [2.05, 4.69) is 0 Å². The van der Waals surface area contributed by atoms with Crippen LogP contribution in [0.2, 0.25) is 0 Å². The van der Waals surface area contributed by atoms with Crippen LogP contribution in [-0.4, -0.2) is 44.3 Å². The second-order valence-corrected chi connectivity index (χ2v) is 4.69. The molecule has 0 aromatic carbocycles. The summed E-state index contributed by atoms with van der Waals surface area (Å²) in [6.45, 7) is 0. The van der Waals surface area contributed by atoms with Crippen molar-refractivity contribution in [1.29, 1.82) is 0 Å². The van der Waals surface area contributed by atoms with Gasteiger partial charge in [0.1, 0.15) is 0 Å². The maximum atomic E-state index is 10.8. The van der Waals surface area contributed by atoms with E-state index in [4.69, 9.17) is 20.4 Å². The number of allylic oxidation sites excluding steroid dienone is 2. The van der Waals surface area contributed by atoms with Crippen LogP contribution in [0, 0.1) is 23.7 Å². The quantitative estimate of drug-likeness (QED) is 0.427. The van der Waals surface area contributed by atoms with Crippen LogP contribution < -0.4 is 0 Å². The summed E-state index contributed by atoms with van der Waals surface area (Å²) in [4.78, 5) is 40.7. The normalized spacial score (nSPS) is 29.0. The van der Waals surface area contributed by atoms with Gasteiger partial charge in [-0.05, 0) is 18.3 Å². The molecule has 2 bridgehead atoms. The first-order valence-corrected chi connectivity index (χ1v) is 6.02. The van der Waals surface area contributed by atoms with Crippen LogP contribution in [0.4, 0.5) is 0 Å². The van der Waals surface area contributed by atoms with Crippen molar-refractivity contribution in [3.63, 3.8) is 0 Å². The van der Waals surface area contributed by atoms with Gasteiger partial charge in [-0.1, -0.05) is 12.2 Å². The number of hydrogen-bond donors (Lipinski definition) is 4. The fourth-order valence-corrected chi connectivity index (χ4v) is 2.64. The number of carboxylic acid groups (broad SMARTS) is 4. The average molecular weight is 298 g/mol. The summed E-state index contributed by atoms with van der Waals surface area (Å²) >= 11 is 0. The molecule has 4 atom stereocenters. The molecule has 0 aromatic rings. The zero-order valence-corrected chi connectivity index (χ0v) is 10.7. The molecule has 2 aliphatic rings. The van der Waals surface area contributed by atoms with Gasteiger partial charge in [-0.15, -0.1) is 0 Å². The van der Waals surface area contributed by atoms with Crippen molar-refractivity contribution in [2.45, 2.75) is 6.42 Å². The van der Waals surface area contributed by atoms with Crippen LogP contribution in [0.1, 0.15) is 6.42 Å². The number of carboxylic acids is 4. The monoisotopic (exact) mass is 298 g/mol. The van der Waals surface area contributed by atoms with E-state index in [-0.39, 0.29) is 11.8 Å². The van der Waals surface area contributed by atoms with E-state index < -0.39 is 35.7 Å². The van der Waals surface area contributed by atoms with Crippen LogP contribution in [0.3, 0.4) is 0 Å². The van der Waals surface area contributed by atoms with Crippen molar-refractivity contribution in [2.24, 2.45) is 23.7 Å². The van der Waals surface area contributed by atoms with Crippen molar-refractivity contribution < 1.29 is 39.6 Å². The largest absolute Gasteiger partial charge is 0.481 e. The highest BCUT2D eigenvalue weighted by Crippen LogP contribution is 2.48. The number of aliphatic carboxylic acids is 4. The molecule has 4 N–H and O–H groups in total. The van der Waals surface area contributed by atoms with E-state index in [0.717, 1.165) is 0 Å². The molecule has 0 aliphatic heterocycles. The Morgan fingerprint density at radius 3 is 1.33 bits per heavy atom. The highest BCUT2D eigenvalue weighted by molar-refractivity contribution is 5.89. The Labute approximate surface area is 119 Å². The molecule has 114 valence electrons. The summed E-state index contributed by atoms with van der Waals surface area (Å²) in [5.74, 6) is -6.04. The van der Waals surface area contributed by atoms with Crippen molar-refractivity contribution in [3.05, 3.63) is 24.3 Å². The van der Waals surface area contributed by atoms with Crippen LogP contribution in [0.15, 0.2) is 24.3 Å². The van der Waals surface area contributed by atoms with Gasteiger partial charge < -0.3 is 20.4 Å². The third-order valence-electron chi connectivity index (χ3n) is 3.40. The zero-order valence-electron chi connectivity index (χ0n) is 10.7. The number of hydrogen-bond acceptors (Lipinski definition) is 4. The van der Waals surface area contributed by atoms with Crippen molar-refractivity contribution >= 4 is 23.9 Å². The van der Waals surface area contributed by atoms with E-state index in [0.29, 0.717) is 18.6 Å². The van der Waals surface area contributed by atoms with Gasteiger partial charge in [0.2, 0.25) is 0 Å². The van der Waals surface area contributed by atoms with E-state index in [9.17, 15) is 19.2 Å². The lowest BCUT2D eigenvalue weighted by atomic mass is 9.83. The molecule has 1 fully saturated rings. The van der Waals surface area contributed by atoms with Gasteiger partial charge in [-0.2, -0.15) is 0 Å². The van der Waals surface area contributed by atoms with E-state index in [1.165, 1.54) is 0 Å².